The molecule has 1 saturated carbocycles. The first-order chi connectivity index (χ1) is 3.31. The fraction of sp³-hybridized carbons (Fsp3) is 0.600. The van der Waals surface area contributed by atoms with Gasteiger partial charge in [-0.1, -0.05) is 0 Å². The maximum Gasteiger partial charge on any atom is 0.133 e. The second kappa shape index (κ2) is 3.53. The van der Waals surface area contributed by atoms with E-state index in [1.165, 1.54) is 6.92 Å². The number of hydrogen-bond donors (Lipinski definition) is 0. The number of carbonyl (C=O) groups is 2. The molecule has 0 unspecified atom stereocenters. The number of Topliss-reactive ketones (excluding diaryl/α,β-unsaturated/α-hetero) is 1. The van der Waals surface area contributed by atoms with Crippen LogP contribution in [0, 0.1) is 0 Å². The van der Waals surface area contributed by atoms with E-state index in [4.69, 9.17) is 4.79 Å². The van der Waals surface area contributed by atoms with Gasteiger partial charge in [-0.3, -0.25) is 4.79 Å². The van der Waals surface area contributed by atoms with Crippen molar-refractivity contribution >= 4 is 12.1 Å². The molecule has 1 rings (SSSR count). The molecule has 1 aliphatic carbocycles. The van der Waals surface area contributed by atoms with Gasteiger partial charge in [0.25, 0.3) is 0 Å². The molecule has 40 valence electrons. The molecule has 2 heteroatoms. The maximum absolute atomic E-state index is 9.56. The number of ketones is 1. The second-order valence-corrected chi connectivity index (χ2v) is 1.27. The van der Waals surface area contributed by atoms with Crippen LogP contribution >= 0.6 is 0 Å². The molecule has 0 aromatic heterocycles. The van der Waals surface area contributed by atoms with Gasteiger partial charge in [0.2, 0.25) is 0 Å². The Morgan fingerprint density at radius 3 is 1.71 bits per heavy atom. The van der Waals surface area contributed by atoms with Gasteiger partial charge in [-0.2, -0.15) is 0 Å². The van der Waals surface area contributed by atoms with Crippen molar-refractivity contribution in [3.05, 3.63) is 0 Å². The van der Waals surface area contributed by atoms with Crippen molar-refractivity contribution in [1.82, 2.24) is 0 Å². The molecule has 0 aliphatic heterocycles. The SMILES string of the molecule is CC=O.O=C1CC1. The Morgan fingerprint density at radius 2 is 1.71 bits per heavy atom. The monoisotopic (exact) mass is 100 g/mol. The summed E-state index contributed by atoms with van der Waals surface area (Å²) in [7, 11) is 0. The van der Waals surface area contributed by atoms with Gasteiger partial charge < -0.3 is 4.79 Å². The van der Waals surface area contributed by atoms with Crippen LogP contribution in [0.2, 0.25) is 0 Å². The third kappa shape index (κ3) is 10.9. The fourth-order valence-corrected chi connectivity index (χ4v) is 0.0510. The standard InChI is InChI=1S/C3H4O.C2H4O/c4-3-1-2-3;1-2-3/h1-2H2;2H,1H3. The summed E-state index contributed by atoms with van der Waals surface area (Å²) in [4.78, 5) is 18.4. The van der Waals surface area contributed by atoms with Crippen LogP contribution in [0.1, 0.15) is 19.8 Å². The number of carbonyl (C=O) groups excluding carboxylic acids is 2. The van der Waals surface area contributed by atoms with Gasteiger partial charge in [-0.15, -0.1) is 0 Å². The van der Waals surface area contributed by atoms with E-state index in [-0.39, 0.29) is 0 Å². The number of aldehydes is 1. The Kier molecular flexibility index (Phi) is 3.19. The van der Waals surface area contributed by atoms with Crippen LogP contribution in [0.5, 0.6) is 0 Å². The summed E-state index contributed by atoms with van der Waals surface area (Å²) in [5.74, 6) is 0.417. The molecular weight excluding hydrogens is 92.1 g/mol. The van der Waals surface area contributed by atoms with Crippen molar-refractivity contribution in [2.45, 2.75) is 19.8 Å². The molecule has 0 N–H and O–H groups in total. The third-order valence-electron chi connectivity index (χ3n) is 0.454. The van der Waals surface area contributed by atoms with Gasteiger partial charge in [0.05, 0.1) is 0 Å². The van der Waals surface area contributed by atoms with Crippen LogP contribution in [0.3, 0.4) is 0 Å². The Bertz CT molecular complexity index is 70.1. The normalized spacial score (nSPS) is 14.1. The lowest BCUT2D eigenvalue weighted by molar-refractivity contribution is -0.110. The highest BCUT2D eigenvalue weighted by atomic mass is 16.1. The van der Waals surface area contributed by atoms with Gasteiger partial charge >= 0.3 is 0 Å². The highest BCUT2D eigenvalue weighted by molar-refractivity contribution is 5.92. The fourth-order valence-electron chi connectivity index (χ4n) is 0.0510. The lowest BCUT2D eigenvalue weighted by atomic mass is 10.9. The van der Waals surface area contributed by atoms with Crippen molar-refractivity contribution in [3.63, 3.8) is 0 Å². The summed E-state index contributed by atoms with van der Waals surface area (Å²) < 4.78 is 0. The van der Waals surface area contributed by atoms with E-state index in [0.29, 0.717) is 5.78 Å². The molecule has 1 aliphatic rings. The van der Waals surface area contributed by atoms with Crippen LogP contribution in [0.15, 0.2) is 0 Å². The van der Waals surface area contributed by atoms with Gasteiger partial charge in [0.15, 0.2) is 0 Å². The summed E-state index contributed by atoms with van der Waals surface area (Å²) in [6.45, 7) is 1.44. The van der Waals surface area contributed by atoms with Gasteiger partial charge in [0, 0.05) is 12.8 Å². The summed E-state index contributed by atoms with van der Waals surface area (Å²) >= 11 is 0. The van der Waals surface area contributed by atoms with E-state index < -0.39 is 0 Å². The molecule has 7 heavy (non-hydrogen) atoms. The zero-order chi connectivity index (χ0) is 5.70. The van der Waals surface area contributed by atoms with E-state index in [1.807, 2.05) is 0 Å². The summed E-state index contributed by atoms with van der Waals surface area (Å²) in [6, 6.07) is 0. The Morgan fingerprint density at radius 1 is 1.57 bits per heavy atom. The summed E-state index contributed by atoms with van der Waals surface area (Å²) in [5.41, 5.74) is 0. The first kappa shape index (κ1) is 6.34. The molecule has 0 aromatic carbocycles. The largest absolute Gasteiger partial charge is 0.304 e. The minimum atomic E-state index is 0.417. The number of hydrogen-bond acceptors (Lipinski definition) is 2. The molecule has 0 heterocycles. The number of rotatable bonds is 0. The molecule has 0 bridgehead atoms. The first-order valence-electron chi connectivity index (χ1n) is 2.22. The molecule has 0 radical (unpaired) electrons. The van der Waals surface area contributed by atoms with Gasteiger partial charge in [-0.25, -0.2) is 0 Å². The molecular formula is C5H8O2. The van der Waals surface area contributed by atoms with Crippen molar-refractivity contribution in [3.8, 4) is 0 Å². The molecule has 2 nitrogen and oxygen atoms in total. The minimum absolute atomic E-state index is 0.417. The molecule has 0 atom stereocenters. The van der Waals surface area contributed by atoms with Crippen LogP contribution in [0.4, 0.5) is 0 Å². The third-order valence-corrected chi connectivity index (χ3v) is 0.454. The van der Waals surface area contributed by atoms with Crippen LogP contribution in [0.25, 0.3) is 0 Å². The minimum Gasteiger partial charge on any atom is -0.304 e. The zero-order valence-electron chi connectivity index (χ0n) is 4.31. The van der Waals surface area contributed by atoms with Crippen LogP contribution < -0.4 is 0 Å². The van der Waals surface area contributed by atoms with E-state index >= 15 is 0 Å². The predicted octanol–water partition coefficient (Wildman–Crippen LogP) is 0.554. The van der Waals surface area contributed by atoms with Crippen molar-refractivity contribution in [1.29, 1.82) is 0 Å². The smallest absolute Gasteiger partial charge is 0.133 e. The highest BCUT2D eigenvalue weighted by Gasteiger charge is 2.13. The zero-order valence-corrected chi connectivity index (χ0v) is 4.31. The van der Waals surface area contributed by atoms with Crippen LogP contribution in [-0.4, -0.2) is 12.1 Å². The van der Waals surface area contributed by atoms with Gasteiger partial charge in [-0.05, 0) is 6.92 Å². The average Bonchev–Trinajstić information content (AvgIpc) is 2.25. The lowest BCUT2D eigenvalue weighted by Gasteiger charge is -1.26. The molecule has 0 amide bonds. The topological polar surface area (TPSA) is 34.1 Å². The average molecular weight is 100 g/mol. The van der Waals surface area contributed by atoms with E-state index in [0.717, 1.165) is 19.1 Å². The van der Waals surface area contributed by atoms with E-state index in [1.54, 1.807) is 0 Å². The summed E-state index contributed by atoms with van der Waals surface area (Å²) in [5, 5.41) is 0. The second-order valence-electron chi connectivity index (χ2n) is 1.27. The summed E-state index contributed by atoms with van der Waals surface area (Å²) in [6.07, 6.45) is 2.44. The Balaban J connectivity index is 0.000000110. The van der Waals surface area contributed by atoms with Crippen LogP contribution in [-0.2, 0) is 9.59 Å². The lowest BCUT2D eigenvalue weighted by Crippen LogP contribution is -1.44. The Hall–Kier alpha value is -0.660. The van der Waals surface area contributed by atoms with Crippen molar-refractivity contribution in [2.75, 3.05) is 0 Å². The van der Waals surface area contributed by atoms with Crippen molar-refractivity contribution < 1.29 is 9.59 Å². The van der Waals surface area contributed by atoms with Gasteiger partial charge in [0.1, 0.15) is 12.1 Å². The molecule has 0 spiro atoms. The highest BCUT2D eigenvalue weighted by Crippen LogP contribution is 2.08. The predicted molar refractivity (Wildman–Crippen MR) is 26.0 cm³/mol. The van der Waals surface area contributed by atoms with Crippen molar-refractivity contribution in [2.24, 2.45) is 0 Å². The molecule has 0 aromatic rings. The Labute approximate surface area is 42.5 Å². The quantitative estimate of drug-likeness (QED) is 0.417. The van der Waals surface area contributed by atoms with E-state index in [9.17, 15) is 4.79 Å². The first-order valence-corrected chi connectivity index (χ1v) is 2.22. The molecule has 0 saturated heterocycles. The maximum atomic E-state index is 9.56. The molecule has 1 fully saturated rings. The van der Waals surface area contributed by atoms with E-state index in [2.05, 4.69) is 0 Å².